The van der Waals surface area contributed by atoms with Crippen molar-refractivity contribution in [2.75, 3.05) is 5.32 Å². The number of carbonyl (C=O) groups is 1. The van der Waals surface area contributed by atoms with Gasteiger partial charge in [0.15, 0.2) is 18.2 Å². The van der Waals surface area contributed by atoms with Crippen LogP contribution in [0, 0.1) is 6.92 Å². The zero-order valence-corrected chi connectivity index (χ0v) is 20.0. The normalized spacial score (nSPS) is 10.9. The molecular weight excluding hydrogens is 517 g/mol. The highest BCUT2D eigenvalue weighted by Gasteiger charge is 2.15. The largest absolute Gasteiger partial charge is 0.470 e. The molecule has 0 atom stereocenters. The SMILES string of the molecule is Cc1ccc(Cn2cc(Br)c(NC(=O)c3ccn(COc4ccc(Cl)cc4Cl)n3)n2)cc1. The third kappa shape index (κ3) is 5.51. The van der Waals surface area contributed by atoms with Gasteiger partial charge in [-0.05, 0) is 52.7 Å². The summed E-state index contributed by atoms with van der Waals surface area (Å²) in [6.07, 6.45) is 3.46. The summed E-state index contributed by atoms with van der Waals surface area (Å²) < 4.78 is 9.56. The van der Waals surface area contributed by atoms with Gasteiger partial charge in [-0.2, -0.15) is 10.2 Å². The van der Waals surface area contributed by atoms with Crippen LogP contribution in [0.4, 0.5) is 5.82 Å². The van der Waals surface area contributed by atoms with Crippen LogP contribution in [0.15, 0.2) is 65.4 Å². The number of ether oxygens (including phenoxy) is 1. The molecule has 2 heterocycles. The van der Waals surface area contributed by atoms with E-state index in [1.807, 2.05) is 13.1 Å². The third-order valence-electron chi connectivity index (χ3n) is 4.53. The van der Waals surface area contributed by atoms with Crippen molar-refractivity contribution in [2.45, 2.75) is 20.2 Å². The van der Waals surface area contributed by atoms with Gasteiger partial charge in [0.1, 0.15) is 5.75 Å². The maximum Gasteiger partial charge on any atom is 0.277 e. The Labute approximate surface area is 203 Å². The van der Waals surface area contributed by atoms with Gasteiger partial charge in [-0.15, -0.1) is 0 Å². The molecule has 0 saturated carbocycles. The van der Waals surface area contributed by atoms with Gasteiger partial charge in [0.25, 0.3) is 5.91 Å². The van der Waals surface area contributed by atoms with Gasteiger partial charge >= 0.3 is 0 Å². The highest BCUT2D eigenvalue weighted by molar-refractivity contribution is 9.10. The smallest absolute Gasteiger partial charge is 0.277 e. The van der Waals surface area contributed by atoms with Crippen molar-refractivity contribution in [1.29, 1.82) is 0 Å². The first kappa shape index (κ1) is 22.4. The van der Waals surface area contributed by atoms with Gasteiger partial charge in [0, 0.05) is 17.4 Å². The predicted molar refractivity (Wildman–Crippen MR) is 127 cm³/mol. The van der Waals surface area contributed by atoms with Crippen LogP contribution in [0.1, 0.15) is 21.6 Å². The van der Waals surface area contributed by atoms with Crippen molar-refractivity contribution < 1.29 is 9.53 Å². The molecule has 0 unspecified atom stereocenters. The Kier molecular flexibility index (Phi) is 6.83. The first-order valence-corrected chi connectivity index (χ1v) is 11.1. The summed E-state index contributed by atoms with van der Waals surface area (Å²) >= 11 is 15.4. The molecule has 0 spiro atoms. The number of aryl methyl sites for hydroxylation is 1. The molecular formula is C22H18BrCl2N5O2. The van der Waals surface area contributed by atoms with Gasteiger partial charge < -0.3 is 10.1 Å². The van der Waals surface area contributed by atoms with Crippen LogP contribution in [-0.4, -0.2) is 25.5 Å². The molecule has 0 aliphatic heterocycles. The van der Waals surface area contributed by atoms with Crippen LogP contribution in [0.3, 0.4) is 0 Å². The van der Waals surface area contributed by atoms with E-state index in [2.05, 4.69) is 55.7 Å². The van der Waals surface area contributed by atoms with Crippen molar-refractivity contribution in [3.8, 4) is 5.75 Å². The first-order valence-electron chi connectivity index (χ1n) is 9.58. The average molecular weight is 535 g/mol. The minimum absolute atomic E-state index is 0.0868. The van der Waals surface area contributed by atoms with Gasteiger partial charge in [0.05, 0.1) is 16.0 Å². The summed E-state index contributed by atoms with van der Waals surface area (Å²) in [6, 6.07) is 14.8. The van der Waals surface area contributed by atoms with E-state index in [1.54, 1.807) is 35.1 Å². The van der Waals surface area contributed by atoms with Gasteiger partial charge in [0.2, 0.25) is 0 Å². The minimum atomic E-state index is -0.380. The molecule has 0 saturated heterocycles. The van der Waals surface area contributed by atoms with Crippen LogP contribution < -0.4 is 10.1 Å². The number of hydrogen-bond donors (Lipinski definition) is 1. The second kappa shape index (κ2) is 9.77. The summed E-state index contributed by atoms with van der Waals surface area (Å²) in [4.78, 5) is 12.6. The van der Waals surface area contributed by atoms with Crippen LogP contribution in [0.2, 0.25) is 10.0 Å². The van der Waals surface area contributed by atoms with Crippen LogP contribution in [0.25, 0.3) is 0 Å². The maximum absolute atomic E-state index is 12.6. The van der Waals surface area contributed by atoms with Gasteiger partial charge in [-0.3, -0.25) is 9.48 Å². The Bertz CT molecular complexity index is 1250. The number of nitrogens with one attached hydrogen (secondary N) is 1. The predicted octanol–water partition coefficient (Wildman–Crippen LogP) is 5.79. The van der Waals surface area contributed by atoms with Crippen molar-refractivity contribution >= 4 is 50.9 Å². The fraction of sp³-hybridized carbons (Fsp3) is 0.136. The monoisotopic (exact) mass is 533 g/mol. The molecule has 4 rings (SSSR count). The number of carbonyl (C=O) groups excluding carboxylic acids is 1. The molecule has 0 radical (unpaired) electrons. The lowest BCUT2D eigenvalue weighted by Gasteiger charge is -2.08. The Morgan fingerprint density at radius 1 is 1.09 bits per heavy atom. The third-order valence-corrected chi connectivity index (χ3v) is 5.64. The van der Waals surface area contributed by atoms with E-state index in [1.165, 1.54) is 10.2 Å². The lowest BCUT2D eigenvalue weighted by Crippen LogP contribution is -2.15. The van der Waals surface area contributed by atoms with E-state index in [-0.39, 0.29) is 18.3 Å². The fourth-order valence-corrected chi connectivity index (χ4v) is 3.78. The van der Waals surface area contributed by atoms with Crippen molar-refractivity contribution in [3.05, 3.63) is 92.3 Å². The topological polar surface area (TPSA) is 74.0 Å². The van der Waals surface area contributed by atoms with E-state index < -0.39 is 0 Å². The number of amides is 1. The molecule has 2 aromatic heterocycles. The number of benzene rings is 2. The highest BCUT2D eigenvalue weighted by Crippen LogP contribution is 2.27. The molecule has 10 heteroatoms. The minimum Gasteiger partial charge on any atom is -0.470 e. The number of hydrogen-bond acceptors (Lipinski definition) is 4. The molecule has 0 bridgehead atoms. The molecule has 32 heavy (non-hydrogen) atoms. The summed E-state index contributed by atoms with van der Waals surface area (Å²) in [5, 5.41) is 12.4. The Morgan fingerprint density at radius 2 is 1.88 bits per heavy atom. The lowest BCUT2D eigenvalue weighted by molar-refractivity contribution is 0.101. The molecule has 0 aliphatic rings. The maximum atomic E-state index is 12.6. The second-order valence-corrected chi connectivity index (χ2v) is 8.75. The number of aromatic nitrogens is 4. The quantitative estimate of drug-likeness (QED) is 0.325. The lowest BCUT2D eigenvalue weighted by atomic mass is 10.1. The summed E-state index contributed by atoms with van der Waals surface area (Å²) in [7, 11) is 0. The van der Waals surface area contributed by atoms with E-state index in [0.717, 1.165) is 5.56 Å². The van der Waals surface area contributed by atoms with E-state index in [0.29, 0.717) is 32.6 Å². The first-order chi connectivity index (χ1) is 15.4. The van der Waals surface area contributed by atoms with Crippen molar-refractivity contribution in [3.63, 3.8) is 0 Å². The van der Waals surface area contributed by atoms with E-state index >= 15 is 0 Å². The number of nitrogens with zero attached hydrogens (tertiary/aromatic N) is 4. The van der Waals surface area contributed by atoms with Crippen LogP contribution in [0.5, 0.6) is 5.75 Å². The van der Waals surface area contributed by atoms with Gasteiger partial charge in [-0.1, -0.05) is 53.0 Å². The molecule has 0 aliphatic carbocycles. The van der Waals surface area contributed by atoms with Crippen molar-refractivity contribution in [1.82, 2.24) is 19.6 Å². The molecule has 2 aromatic carbocycles. The molecule has 1 N–H and O–H groups in total. The van der Waals surface area contributed by atoms with Gasteiger partial charge in [-0.25, -0.2) is 4.68 Å². The summed E-state index contributed by atoms with van der Waals surface area (Å²) in [5.41, 5.74) is 2.54. The molecule has 4 aromatic rings. The molecule has 164 valence electrons. The fourth-order valence-electron chi connectivity index (χ4n) is 2.90. The zero-order valence-electron chi connectivity index (χ0n) is 16.9. The van der Waals surface area contributed by atoms with Crippen LogP contribution >= 0.6 is 39.1 Å². The van der Waals surface area contributed by atoms with Crippen LogP contribution in [-0.2, 0) is 13.3 Å². The molecule has 7 nitrogen and oxygen atoms in total. The standard InChI is InChI=1S/C22H18BrCl2N5O2/c1-14-2-4-15(5-3-14)11-30-12-17(23)21(28-30)26-22(31)19-8-9-29(27-19)13-32-20-7-6-16(24)10-18(20)25/h2-10,12H,11,13H2,1H3,(H,26,28,31). The van der Waals surface area contributed by atoms with E-state index in [4.69, 9.17) is 27.9 Å². The number of rotatable bonds is 7. The summed E-state index contributed by atoms with van der Waals surface area (Å²) in [6.45, 7) is 2.72. The Balaban J connectivity index is 1.37. The zero-order chi connectivity index (χ0) is 22.7. The Morgan fingerprint density at radius 3 is 2.62 bits per heavy atom. The number of anilines is 1. The molecule has 0 fully saturated rings. The molecule has 1 amide bonds. The van der Waals surface area contributed by atoms with Crippen molar-refractivity contribution in [2.24, 2.45) is 0 Å². The van der Waals surface area contributed by atoms with E-state index in [9.17, 15) is 4.79 Å². The highest BCUT2D eigenvalue weighted by atomic mass is 79.9. The summed E-state index contributed by atoms with van der Waals surface area (Å²) in [5.74, 6) is 0.510. The second-order valence-electron chi connectivity index (χ2n) is 7.05. The average Bonchev–Trinajstić information content (AvgIpc) is 3.36. The number of halogens is 3. The Hall–Kier alpha value is -2.81.